The maximum Gasteiger partial charge on any atom is 0.416 e. The molecule has 2 rings (SSSR count). The largest absolute Gasteiger partial charge is 0.416 e. The highest BCUT2D eigenvalue weighted by molar-refractivity contribution is 6.05. The Balaban J connectivity index is 2.32. The summed E-state index contributed by atoms with van der Waals surface area (Å²) in [6.45, 7) is 2.38. The highest BCUT2D eigenvalue weighted by atomic mass is 19.4. The zero-order chi connectivity index (χ0) is 22.0. The Labute approximate surface area is 161 Å². The van der Waals surface area contributed by atoms with Gasteiger partial charge in [-0.2, -0.15) is 26.3 Å². The average Bonchev–Trinajstić information content (AvgIpc) is 2.60. The maximum absolute atomic E-state index is 12.7. The van der Waals surface area contributed by atoms with Gasteiger partial charge in [0.25, 0.3) is 5.56 Å². The standard InChI is InChI=1S/C18H18F6N4O/c1-9(11-3-5-12(6-4-11)18(22,23)24)13(25)14-15(16(29)28-10(2)27-14)26-8-7-17(19,20)21/h3-6,9,25-26H,7-8H2,1-2H3,(H,27,28,29). The number of aromatic amines is 1. The highest BCUT2D eigenvalue weighted by Gasteiger charge is 2.31. The number of H-pyrrole nitrogens is 1. The Bertz CT molecular complexity index is 931. The van der Waals surface area contributed by atoms with Crippen LogP contribution in [0.1, 0.15) is 41.9 Å². The molecule has 29 heavy (non-hydrogen) atoms. The molecule has 1 unspecified atom stereocenters. The fourth-order valence-electron chi connectivity index (χ4n) is 2.61. The van der Waals surface area contributed by atoms with Crippen molar-refractivity contribution in [1.29, 1.82) is 5.41 Å². The first-order valence-electron chi connectivity index (χ1n) is 8.47. The Hall–Kier alpha value is -2.85. The van der Waals surface area contributed by atoms with E-state index in [-0.39, 0.29) is 22.9 Å². The Morgan fingerprint density at radius 3 is 2.28 bits per heavy atom. The first-order valence-corrected chi connectivity index (χ1v) is 8.47. The Kier molecular flexibility index (Phi) is 6.39. The van der Waals surface area contributed by atoms with E-state index in [1.807, 2.05) is 0 Å². The van der Waals surface area contributed by atoms with E-state index in [1.54, 1.807) is 0 Å². The summed E-state index contributed by atoms with van der Waals surface area (Å²) in [5, 5.41) is 10.7. The van der Waals surface area contributed by atoms with Crippen molar-refractivity contribution >= 4 is 11.4 Å². The van der Waals surface area contributed by atoms with Crippen molar-refractivity contribution in [3.8, 4) is 0 Å². The molecule has 0 saturated carbocycles. The van der Waals surface area contributed by atoms with Crippen LogP contribution in [0.4, 0.5) is 32.0 Å². The molecule has 1 aromatic carbocycles. The van der Waals surface area contributed by atoms with Crippen molar-refractivity contribution in [1.82, 2.24) is 9.97 Å². The van der Waals surface area contributed by atoms with Crippen molar-refractivity contribution in [2.75, 3.05) is 11.9 Å². The number of rotatable bonds is 6. The van der Waals surface area contributed by atoms with E-state index in [1.165, 1.54) is 26.0 Å². The van der Waals surface area contributed by atoms with Crippen LogP contribution in [0, 0.1) is 12.3 Å². The average molecular weight is 420 g/mol. The molecule has 11 heteroatoms. The number of aryl methyl sites for hydroxylation is 1. The number of alkyl halides is 6. The van der Waals surface area contributed by atoms with Crippen LogP contribution in [0.2, 0.25) is 0 Å². The zero-order valence-corrected chi connectivity index (χ0v) is 15.4. The molecule has 0 bridgehead atoms. The van der Waals surface area contributed by atoms with Crippen LogP contribution >= 0.6 is 0 Å². The van der Waals surface area contributed by atoms with Crippen molar-refractivity contribution in [2.45, 2.75) is 38.5 Å². The van der Waals surface area contributed by atoms with Gasteiger partial charge in [0.2, 0.25) is 0 Å². The monoisotopic (exact) mass is 420 g/mol. The van der Waals surface area contributed by atoms with E-state index < -0.39 is 42.4 Å². The van der Waals surface area contributed by atoms with Crippen molar-refractivity contribution in [3.63, 3.8) is 0 Å². The smallest absolute Gasteiger partial charge is 0.378 e. The fourth-order valence-corrected chi connectivity index (χ4v) is 2.61. The van der Waals surface area contributed by atoms with Gasteiger partial charge in [0, 0.05) is 12.5 Å². The van der Waals surface area contributed by atoms with Crippen molar-refractivity contribution in [3.05, 3.63) is 57.3 Å². The molecule has 158 valence electrons. The molecular weight excluding hydrogens is 402 g/mol. The lowest BCUT2D eigenvalue weighted by Crippen LogP contribution is -2.26. The molecule has 0 saturated heterocycles. The van der Waals surface area contributed by atoms with Crippen molar-refractivity contribution < 1.29 is 26.3 Å². The third-order valence-corrected chi connectivity index (χ3v) is 4.17. The normalized spacial score (nSPS) is 13.2. The van der Waals surface area contributed by atoms with Gasteiger partial charge in [0.1, 0.15) is 17.2 Å². The lowest BCUT2D eigenvalue weighted by atomic mass is 9.92. The van der Waals surface area contributed by atoms with E-state index in [2.05, 4.69) is 15.3 Å². The fraction of sp³-hybridized carbons (Fsp3) is 0.389. The lowest BCUT2D eigenvalue weighted by molar-refractivity contribution is -0.137. The number of anilines is 1. The molecule has 2 aromatic rings. The Morgan fingerprint density at radius 2 is 1.76 bits per heavy atom. The molecule has 1 aromatic heterocycles. The molecule has 0 spiro atoms. The first kappa shape index (κ1) is 22.4. The van der Waals surface area contributed by atoms with Crippen LogP contribution in [0.5, 0.6) is 0 Å². The third-order valence-electron chi connectivity index (χ3n) is 4.17. The van der Waals surface area contributed by atoms with Crippen molar-refractivity contribution in [2.24, 2.45) is 0 Å². The minimum atomic E-state index is -4.50. The van der Waals surface area contributed by atoms with Gasteiger partial charge in [0.15, 0.2) is 0 Å². The second kappa shape index (κ2) is 8.26. The molecule has 5 nitrogen and oxygen atoms in total. The van der Waals surface area contributed by atoms with Crippen LogP contribution < -0.4 is 10.9 Å². The Morgan fingerprint density at radius 1 is 1.17 bits per heavy atom. The molecule has 1 heterocycles. The van der Waals surface area contributed by atoms with E-state index in [0.29, 0.717) is 5.56 Å². The number of nitrogens with zero attached hydrogens (tertiary/aromatic N) is 1. The van der Waals surface area contributed by atoms with Gasteiger partial charge in [-0.1, -0.05) is 19.1 Å². The number of hydrogen-bond acceptors (Lipinski definition) is 4. The highest BCUT2D eigenvalue weighted by Crippen LogP contribution is 2.31. The summed E-state index contributed by atoms with van der Waals surface area (Å²) in [4.78, 5) is 18.6. The number of benzene rings is 1. The summed E-state index contributed by atoms with van der Waals surface area (Å²) in [6, 6.07) is 4.16. The minimum absolute atomic E-state index is 0.149. The summed E-state index contributed by atoms with van der Waals surface area (Å²) in [5.41, 5.74) is -1.87. The number of nitrogens with one attached hydrogen (secondary N) is 3. The first-order chi connectivity index (χ1) is 13.3. The van der Waals surface area contributed by atoms with E-state index in [0.717, 1.165) is 12.1 Å². The molecular formula is C18H18F6N4O. The van der Waals surface area contributed by atoms with Gasteiger partial charge in [-0.25, -0.2) is 4.98 Å². The predicted octanol–water partition coefficient (Wildman–Crippen LogP) is 4.63. The lowest BCUT2D eigenvalue weighted by Gasteiger charge is -2.18. The van der Waals surface area contributed by atoms with E-state index in [4.69, 9.17) is 5.41 Å². The summed E-state index contributed by atoms with van der Waals surface area (Å²) in [7, 11) is 0. The molecule has 3 N–H and O–H groups in total. The van der Waals surface area contributed by atoms with Crippen LogP contribution in [0.15, 0.2) is 29.1 Å². The van der Waals surface area contributed by atoms with Gasteiger partial charge in [0.05, 0.1) is 17.7 Å². The summed E-state index contributed by atoms with van der Waals surface area (Å²) in [5.74, 6) is -0.607. The third kappa shape index (κ3) is 5.81. The van der Waals surface area contributed by atoms with Crippen LogP contribution in [0.25, 0.3) is 0 Å². The predicted molar refractivity (Wildman–Crippen MR) is 95.4 cm³/mol. The molecule has 0 fully saturated rings. The van der Waals surface area contributed by atoms with Gasteiger partial charge < -0.3 is 15.7 Å². The quantitative estimate of drug-likeness (QED) is 0.471. The topological polar surface area (TPSA) is 81.6 Å². The van der Waals surface area contributed by atoms with Gasteiger partial charge in [-0.3, -0.25) is 4.79 Å². The second-order valence-electron chi connectivity index (χ2n) is 6.42. The SMILES string of the molecule is Cc1nc(C(=N)C(C)c2ccc(C(F)(F)F)cc2)c(NCCC(F)(F)F)c(=O)[nH]1. The van der Waals surface area contributed by atoms with E-state index in [9.17, 15) is 31.1 Å². The summed E-state index contributed by atoms with van der Waals surface area (Å²) < 4.78 is 75.3. The number of aromatic nitrogens is 2. The molecule has 0 radical (unpaired) electrons. The summed E-state index contributed by atoms with van der Waals surface area (Å²) >= 11 is 0. The molecule has 1 atom stereocenters. The molecule has 0 aliphatic rings. The number of hydrogen-bond donors (Lipinski definition) is 3. The second-order valence-corrected chi connectivity index (χ2v) is 6.42. The van der Waals surface area contributed by atoms with Crippen LogP contribution in [-0.2, 0) is 6.18 Å². The molecule has 0 amide bonds. The molecule has 0 aliphatic carbocycles. The number of halogens is 6. The maximum atomic E-state index is 12.7. The molecule has 0 aliphatic heterocycles. The van der Waals surface area contributed by atoms with Crippen LogP contribution in [-0.4, -0.2) is 28.4 Å². The van der Waals surface area contributed by atoms with E-state index >= 15 is 0 Å². The van der Waals surface area contributed by atoms with Gasteiger partial charge >= 0.3 is 12.4 Å². The van der Waals surface area contributed by atoms with Crippen LogP contribution in [0.3, 0.4) is 0 Å². The zero-order valence-electron chi connectivity index (χ0n) is 15.4. The van der Waals surface area contributed by atoms with Gasteiger partial charge in [-0.05, 0) is 24.6 Å². The minimum Gasteiger partial charge on any atom is -0.378 e. The van der Waals surface area contributed by atoms with Gasteiger partial charge in [-0.15, -0.1) is 0 Å². The summed E-state index contributed by atoms with van der Waals surface area (Å²) in [6.07, 6.45) is -10.1.